The van der Waals surface area contributed by atoms with Crippen molar-refractivity contribution in [1.29, 1.82) is 0 Å². The van der Waals surface area contributed by atoms with Crippen molar-refractivity contribution in [3.05, 3.63) is 63.9 Å². The predicted molar refractivity (Wildman–Crippen MR) is 111 cm³/mol. The predicted octanol–water partition coefficient (Wildman–Crippen LogP) is 3.54. The van der Waals surface area contributed by atoms with Crippen molar-refractivity contribution in [2.24, 2.45) is 4.99 Å². The topological polar surface area (TPSA) is 58.3 Å². The molecule has 0 fully saturated rings. The van der Waals surface area contributed by atoms with Gasteiger partial charge in [0.1, 0.15) is 0 Å². The molecule has 0 saturated heterocycles. The van der Waals surface area contributed by atoms with Gasteiger partial charge in [-0.3, -0.25) is 0 Å². The molecule has 2 heterocycles. The fraction of sp³-hybridized carbons (Fsp3) is 0.350. The van der Waals surface area contributed by atoms with Gasteiger partial charge < -0.3 is 10.2 Å². The third-order valence-electron chi connectivity index (χ3n) is 4.15. The largest absolute Gasteiger partial charge is 0.357 e. The smallest absolute Gasteiger partial charge is 0.194 e. The Morgan fingerprint density at radius 3 is 2.70 bits per heavy atom. The van der Waals surface area contributed by atoms with Crippen molar-refractivity contribution in [2.75, 3.05) is 13.6 Å². The standard InChI is InChI=1S/C20H26N6S/c1-5-21-20(22-12-19-15(2)24-16(3)27-19)25(4)13-17-11-23-26(14-17)18-9-7-6-8-10-18/h6-11,14H,5,12-13H2,1-4H3,(H,21,22). The van der Waals surface area contributed by atoms with Crippen molar-refractivity contribution >= 4 is 17.3 Å². The number of hydrogen-bond acceptors (Lipinski definition) is 4. The molecular formula is C20H26N6S. The Balaban J connectivity index is 1.70. The highest BCUT2D eigenvalue weighted by molar-refractivity contribution is 7.11. The maximum Gasteiger partial charge on any atom is 0.194 e. The second kappa shape index (κ2) is 8.81. The zero-order valence-corrected chi connectivity index (χ0v) is 17.1. The van der Waals surface area contributed by atoms with E-state index in [4.69, 9.17) is 4.99 Å². The van der Waals surface area contributed by atoms with E-state index in [9.17, 15) is 0 Å². The first kappa shape index (κ1) is 19.1. The van der Waals surface area contributed by atoms with E-state index in [0.717, 1.165) is 41.0 Å². The summed E-state index contributed by atoms with van der Waals surface area (Å²) in [5.74, 6) is 0.885. The molecule has 1 N–H and O–H groups in total. The first-order valence-corrected chi connectivity index (χ1v) is 9.89. The molecule has 0 aliphatic carbocycles. The average molecular weight is 383 g/mol. The van der Waals surface area contributed by atoms with E-state index < -0.39 is 0 Å². The highest BCUT2D eigenvalue weighted by Crippen LogP contribution is 2.18. The first-order chi connectivity index (χ1) is 13.1. The van der Waals surface area contributed by atoms with E-state index in [-0.39, 0.29) is 0 Å². The van der Waals surface area contributed by atoms with Crippen LogP contribution in [-0.2, 0) is 13.1 Å². The molecule has 3 aromatic rings. The van der Waals surface area contributed by atoms with Crippen molar-refractivity contribution < 1.29 is 0 Å². The molecule has 0 amide bonds. The van der Waals surface area contributed by atoms with Crippen LogP contribution in [0.5, 0.6) is 0 Å². The summed E-state index contributed by atoms with van der Waals surface area (Å²) in [5, 5.41) is 8.93. The summed E-state index contributed by atoms with van der Waals surface area (Å²) >= 11 is 1.71. The minimum absolute atomic E-state index is 0.646. The van der Waals surface area contributed by atoms with E-state index in [2.05, 4.69) is 33.4 Å². The van der Waals surface area contributed by atoms with Gasteiger partial charge in [-0.15, -0.1) is 11.3 Å². The number of aromatic nitrogens is 3. The number of aryl methyl sites for hydroxylation is 2. The molecule has 3 rings (SSSR count). The van der Waals surface area contributed by atoms with Gasteiger partial charge in [0.25, 0.3) is 0 Å². The van der Waals surface area contributed by atoms with Crippen molar-refractivity contribution in [3.8, 4) is 5.69 Å². The van der Waals surface area contributed by atoms with Gasteiger partial charge in [0.05, 0.1) is 29.1 Å². The minimum Gasteiger partial charge on any atom is -0.357 e. The molecule has 0 saturated carbocycles. The lowest BCUT2D eigenvalue weighted by Gasteiger charge is -2.21. The lowest BCUT2D eigenvalue weighted by Crippen LogP contribution is -2.38. The number of nitrogens with one attached hydrogen (secondary N) is 1. The Labute approximate surface area is 164 Å². The Morgan fingerprint density at radius 2 is 2.04 bits per heavy atom. The monoisotopic (exact) mass is 382 g/mol. The highest BCUT2D eigenvalue weighted by Gasteiger charge is 2.10. The molecule has 1 aromatic carbocycles. The molecule has 7 heteroatoms. The number of rotatable bonds is 6. The van der Waals surface area contributed by atoms with Crippen LogP contribution in [0.15, 0.2) is 47.7 Å². The van der Waals surface area contributed by atoms with E-state index in [1.807, 2.05) is 62.1 Å². The van der Waals surface area contributed by atoms with Crippen LogP contribution in [0.4, 0.5) is 0 Å². The van der Waals surface area contributed by atoms with E-state index in [0.29, 0.717) is 6.54 Å². The second-order valence-electron chi connectivity index (χ2n) is 6.40. The minimum atomic E-state index is 0.646. The molecule has 142 valence electrons. The van der Waals surface area contributed by atoms with Gasteiger partial charge in [0, 0.05) is 36.8 Å². The molecular weight excluding hydrogens is 356 g/mol. The molecule has 2 aromatic heterocycles. The maximum absolute atomic E-state index is 4.79. The van der Waals surface area contributed by atoms with Gasteiger partial charge in [0.2, 0.25) is 0 Å². The number of aliphatic imine (C=N–C) groups is 1. The van der Waals surface area contributed by atoms with Gasteiger partial charge in [-0.2, -0.15) is 5.10 Å². The molecule has 6 nitrogen and oxygen atoms in total. The maximum atomic E-state index is 4.79. The molecule has 0 unspecified atom stereocenters. The van der Waals surface area contributed by atoms with Crippen LogP contribution in [0.2, 0.25) is 0 Å². The molecule has 0 radical (unpaired) electrons. The van der Waals surface area contributed by atoms with E-state index in [1.54, 1.807) is 11.3 Å². The van der Waals surface area contributed by atoms with Crippen LogP contribution in [0.1, 0.15) is 28.1 Å². The van der Waals surface area contributed by atoms with Gasteiger partial charge in [-0.25, -0.2) is 14.7 Å². The summed E-state index contributed by atoms with van der Waals surface area (Å²) in [7, 11) is 2.05. The zero-order valence-electron chi connectivity index (χ0n) is 16.3. The first-order valence-electron chi connectivity index (χ1n) is 9.08. The number of thiazole rings is 1. The van der Waals surface area contributed by atoms with E-state index >= 15 is 0 Å². The zero-order chi connectivity index (χ0) is 19.2. The number of nitrogens with zero attached hydrogens (tertiary/aromatic N) is 5. The molecule has 0 aliphatic rings. The molecule has 0 spiro atoms. The lowest BCUT2D eigenvalue weighted by atomic mass is 10.3. The normalized spacial score (nSPS) is 11.6. The summed E-state index contributed by atoms with van der Waals surface area (Å²) in [6.45, 7) is 8.37. The summed E-state index contributed by atoms with van der Waals surface area (Å²) < 4.78 is 1.90. The van der Waals surface area contributed by atoms with Crippen molar-refractivity contribution in [3.63, 3.8) is 0 Å². The van der Waals surface area contributed by atoms with Crippen LogP contribution in [0, 0.1) is 13.8 Å². The molecule has 0 atom stereocenters. The quantitative estimate of drug-likeness (QED) is 0.523. The van der Waals surface area contributed by atoms with E-state index in [1.165, 1.54) is 4.88 Å². The highest BCUT2D eigenvalue weighted by atomic mass is 32.1. The lowest BCUT2D eigenvalue weighted by molar-refractivity contribution is 0.477. The number of para-hydroxylation sites is 1. The summed E-state index contributed by atoms with van der Waals surface area (Å²) in [5.41, 5.74) is 3.27. The fourth-order valence-corrected chi connectivity index (χ4v) is 3.71. The van der Waals surface area contributed by atoms with Gasteiger partial charge >= 0.3 is 0 Å². The molecule has 0 aliphatic heterocycles. The van der Waals surface area contributed by atoms with Crippen LogP contribution in [0.3, 0.4) is 0 Å². The van der Waals surface area contributed by atoms with Crippen LogP contribution in [0.25, 0.3) is 5.69 Å². The van der Waals surface area contributed by atoms with Gasteiger partial charge in [-0.1, -0.05) is 18.2 Å². The van der Waals surface area contributed by atoms with Crippen LogP contribution in [-0.4, -0.2) is 39.2 Å². The Hall–Kier alpha value is -2.67. The van der Waals surface area contributed by atoms with Gasteiger partial charge in [0.15, 0.2) is 5.96 Å². The number of hydrogen-bond donors (Lipinski definition) is 1. The average Bonchev–Trinajstić information content (AvgIpc) is 3.25. The third kappa shape index (κ3) is 4.95. The van der Waals surface area contributed by atoms with Crippen LogP contribution < -0.4 is 5.32 Å². The van der Waals surface area contributed by atoms with Crippen LogP contribution >= 0.6 is 11.3 Å². The summed E-state index contributed by atoms with van der Waals surface area (Å²) in [6.07, 6.45) is 3.97. The summed E-state index contributed by atoms with van der Waals surface area (Å²) in [4.78, 5) is 12.6. The number of benzene rings is 1. The number of guanidine groups is 1. The van der Waals surface area contributed by atoms with Crippen molar-refractivity contribution in [1.82, 2.24) is 25.0 Å². The fourth-order valence-electron chi connectivity index (χ4n) is 2.85. The van der Waals surface area contributed by atoms with Crippen molar-refractivity contribution in [2.45, 2.75) is 33.9 Å². The SMILES string of the molecule is CCNC(=NCc1sc(C)nc1C)N(C)Cc1cnn(-c2ccccc2)c1. The third-order valence-corrected chi connectivity index (χ3v) is 5.20. The Kier molecular flexibility index (Phi) is 6.24. The molecule has 27 heavy (non-hydrogen) atoms. The Bertz CT molecular complexity index is 896. The van der Waals surface area contributed by atoms with Gasteiger partial charge in [-0.05, 0) is 32.9 Å². The summed E-state index contributed by atoms with van der Waals surface area (Å²) in [6, 6.07) is 10.1. The second-order valence-corrected chi connectivity index (χ2v) is 7.68. The Morgan fingerprint density at radius 1 is 1.26 bits per heavy atom. The molecule has 0 bridgehead atoms.